The summed E-state index contributed by atoms with van der Waals surface area (Å²) in [6.07, 6.45) is 5.73. The molecule has 3 aliphatic rings. The highest BCUT2D eigenvalue weighted by Crippen LogP contribution is 2.66. The van der Waals surface area contributed by atoms with Crippen LogP contribution in [0.2, 0.25) is 0 Å². The molecule has 5 rings (SSSR count). The highest BCUT2D eigenvalue weighted by atomic mass is 32.2. The summed E-state index contributed by atoms with van der Waals surface area (Å²) in [6, 6.07) is 19.3. The molecule has 0 bridgehead atoms. The Labute approximate surface area is 166 Å². The van der Waals surface area contributed by atoms with Crippen LogP contribution in [0.5, 0.6) is 0 Å². The van der Waals surface area contributed by atoms with Crippen molar-refractivity contribution in [2.24, 2.45) is 11.3 Å². The van der Waals surface area contributed by atoms with E-state index in [0.717, 1.165) is 19.3 Å². The predicted octanol–water partition coefficient (Wildman–Crippen LogP) is 5.14. The van der Waals surface area contributed by atoms with E-state index in [-0.39, 0.29) is 10.7 Å². The maximum absolute atomic E-state index is 11.2. The van der Waals surface area contributed by atoms with Crippen LogP contribution in [0, 0.1) is 11.3 Å². The van der Waals surface area contributed by atoms with Gasteiger partial charge in [0.15, 0.2) is 5.79 Å². The van der Waals surface area contributed by atoms with E-state index in [4.69, 9.17) is 0 Å². The topological polar surface area (TPSA) is 40.5 Å². The summed E-state index contributed by atoms with van der Waals surface area (Å²) in [5, 5.41) is 22.5. The second-order valence-corrected chi connectivity index (χ2v) is 10.6. The number of benzene rings is 2. The first kappa shape index (κ1) is 17.8. The number of fused-ring (bicyclic) bond motifs is 3. The average Bonchev–Trinajstić information content (AvgIpc) is 3.44. The van der Waals surface area contributed by atoms with Crippen LogP contribution in [0.25, 0.3) is 0 Å². The molecule has 0 radical (unpaired) electrons. The fourth-order valence-corrected chi connectivity index (χ4v) is 7.08. The SMILES string of the molecule is CC12CCc3ccccc3C1CC(C1(Sc3ccccc3)CC1)CC2(O)O. The van der Waals surface area contributed by atoms with Crippen molar-refractivity contribution in [3.05, 3.63) is 65.7 Å². The van der Waals surface area contributed by atoms with Crippen LogP contribution in [0.3, 0.4) is 0 Å². The number of aryl methyl sites for hydroxylation is 1. The molecule has 0 saturated heterocycles. The monoisotopic (exact) mass is 380 g/mol. The molecule has 142 valence electrons. The molecule has 2 aromatic rings. The smallest absolute Gasteiger partial charge is 0.168 e. The summed E-state index contributed by atoms with van der Waals surface area (Å²) in [4.78, 5) is 1.30. The zero-order valence-corrected chi connectivity index (χ0v) is 16.7. The number of hydrogen-bond acceptors (Lipinski definition) is 3. The van der Waals surface area contributed by atoms with Gasteiger partial charge in [-0.15, -0.1) is 11.8 Å². The van der Waals surface area contributed by atoms with Gasteiger partial charge in [0.2, 0.25) is 0 Å². The Kier molecular flexibility index (Phi) is 4.02. The highest BCUT2D eigenvalue weighted by molar-refractivity contribution is 8.01. The van der Waals surface area contributed by atoms with E-state index >= 15 is 0 Å². The predicted molar refractivity (Wildman–Crippen MR) is 110 cm³/mol. The Morgan fingerprint density at radius 2 is 1.63 bits per heavy atom. The van der Waals surface area contributed by atoms with E-state index in [1.54, 1.807) is 0 Å². The number of aliphatic hydroxyl groups is 2. The molecule has 0 aromatic heterocycles. The second-order valence-electron chi connectivity index (χ2n) is 9.10. The molecular formula is C24H28O2S. The van der Waals surface area contributed by atoms with Crippen molar-refractivity contribution in [1.29, 1.82) is 0 Å². The summed E-state index contributed by atoms with van der Waals surface area (Å²) >= 11 is 1.96. The van der Waals surface area contributed by atoms with Gasteiger partial charge < -0.3 is 10.2 Å². The molecule has 0 spiro atoms. The van der Waals surface area contributed by atoms with E-state index in [2.05, 4.69) is 61.5 Å². The average molecular weight is 381 g/mol. The quantitative estimate of drug-likeness (QED) is 0.725. The van der Waals surface area contributed by atoms with E-state index in [9.17, 15) is 10.2 Å². The summed E-state index contributed by atoms with van der Waals surface area (Å²) in [6.45, 7) is 2.10. The normalized spacial score (nSPS) is 33.0. The van der Waals surface area contributed by atoms with E-state index in [1.165, 1.54) is 28.9 Å². The third kappa shape index (κ3) is 2.78. The van der Waals surface area contributed by atoms with E-state index in [0.29, 0.717) is 12.3 Å². The molecule has 2 N–H and O–H groups in total. The second kappa shape index (κ2) is 6.10. The molecule has 2 saturated carbocycles. The van der Waals surface area contributed by atoms with Gasteiger partial charge in [0, 0.05) is 21.5 Å². The fourth-order valence-electron chi connectivity index (χ4n) is 5.67. The maximum atomic E-state index is 11.2. The Bertz CT molecular complexity index is 842. The Morgan fingerprint density at radius 3 is 2.37 bits per heavy atom. The maximum Gasteiger partial charge on any atom is 0.168 e. The van der Waals surface area contributed by atoms with Gasteiger partial charge in [-0.25, -0.2) is 0 Å². The molecule has 0 aliphatic heterocycles. The van der Waals surface area contributed by atoms with Crippen molar-refractivity contribution in [3.8, 4) is 0 Å². The Morgan fingerprint density at radius 1 is 0.926 bits per heavy atom. The van der Waals surface area contributed by atoms with Crippen LogP contribution in [0.15, 0.2) is 59.5 Å². The van der Waals surface area contributed by atoms with E-state index < -0.39 is 11.2 Å². The van der Waals surface area contributed by atoms with Crippen LogP contribution < -0.4 is 0 Å². The third-order valence-corrected chi connectivity index (χ3v) is 9.29. The van der Waals surface area contributed by atoms with Gasteiger partial charge in [0.25, 0.3) is 0 Å². The zero-order valence-electron chi connectivity index (χ0n) is 15.9. The van der Waals surface area contributed by atoms with Crippen molar-refractivity contribution in [3.63, 3.8) is 0 Å². The summed E-state index contributed by atoms with van der Waals surface area (Å²) in [5.41, 5.74) is 2.30. The molecule has 2 fully saturated rings. The van der Waals surface area contributed by atoms with Gasteiger partial charge in [-0.3, -0.25) is 0 Å². The van der Waals surface area contributed by atoms with Crippen LogP contribution >= 0.6 is 11.8 Å². The lowest BCUT2D eigenvalue weighted by Crippen LogP contribution is -2.57. The van der Waals surface area contributed by atoms with Crippen LogP contribution in [0.1, 0.15) is 56.1 Å². The van der Waals surface area contributed by atoms with Gasteiger partial charge in [0.05, 0.1) is 0 Å². The van der Waals surface area contributed by atoms with Crippen LogP contribution in [-0.2, 0) is 6.42 Å². The standard InChI is InChI=1S/C24H28O2S/c1-22-12-11-17-7-5-6-10-20(17)21(22)15-18(16-24(22,25)26)23(13-14-23)27-19-8-3-2-4-9-19/h2-10,18,21,25-26H,11-16H2,1H3. The lowest BCUT2D eigenvalue weighted by atomic mass is 9.53. The fraction of sp³-hybridized carbons (Fsp3) is 0.500. The lowest BCUT2D eigenvalue weighted by Gasteiger charge is -2.56. The van der Waals surface area contributed by atoms with Gasteiger partial charge in [-0.05, 0) is 67.2 Å². The first-order valence-corrected chi connectivity index (χ1v) is 11.0. The van der Waals surface area contributed by atoms with E-state index in [1.807, 2.05) is 11.8 Å². The molecule has 27 heavy (non-hydrogen) atoms. The number of rotatable bonds is 3. The van der Waals surface area contributed by atoms with Crippen molar-refractivity contribution < 1.29 is 10.2 Å². The van der Waals surface area contributed by atoms with Crippen molar-refractivity contribution in [2.45, 2.75) is 66.8 Å². The first-order valence-electron chi connectivity index (χ1n) is 10.2. The van der Waals surface area contributed by atoms with Crippen LogP contribution in [-0.4, -0.2) is 20.7 Å². The summed E-state index contributed by atoms with van der Waals surface area (Å²) < 4.78 is 0.172. The van der Waals surface area contributed by atoms with Crippen molar-refractivity contribution >= 4 is 11.8 Å². The minimum Gasteiger partial charge on any atom is -0.365 e. The highest BCUT2D eigenvalue weighted by Gasteiger charge is 2.62. The molecular weight excluding hydrogens is 352 g/mol. The Hall–Kier alpha value is -1.29. The molecule has 3 atom stereocenters. The van der Waals surface area contributed by atoms with Gasteiger partial charge in [-0.1, -0.05) is 49.4 Å². The van der Waals surface area contributed by atoms with Crippen molar-refractivity contribution in [2.75, 3.05) is 0 Å². The summed E-state index contributed by atoms with van der Waals surface area (Å²) in [5.74, 6) is -1.03. The molecule has 2 aromatic carbocycles. The first-order chi connectivity index (χ1) is 12.9. The molecule has 0 heterocycles. The zero-order chi connectivity index (χ0) is 18.7. The number of thioether (sulfide) groups is 1. The molecule has 3 unspecified atom stereocenters. The molecule has 3 aliphatic carbocycles. The third-order valence-electron chi connectivity index (χ3n) is 7.63. The molecule has 2 nitrogen and oxygen atoms in total. The summed E-state index contributed by atoms with van der Waals surface area (Å²) in [7, 11) is 0. The molecule has 0 amide bonds. The van der Waals surface area contributed by atoms with Gasteiger partial charge in [0.1, 0.15) is 0 Å². The molecule has 3 heteroatoms. The lowest BCUT2D eigenvalue weighted by molar-refractivity contribution is -0.276. The number of hydrogen-bond donors (Lipinski definition) is 2. The minimum absolute atomic E-state index is 0.172. The largest absolute Gasteiger partial charge is 0.365 e. The van der Waals surface area contributed by atoms with Crippen LogP contribution in [0.4, 0.5) is 0 Å². The van der Waals surface area contributed by atoms with Gasteiger partial charge >= 0.3 is 0 Å². The van der Waals surface area contributed by atoms with Gasteiger partial charge in [-0.2, -0.15) is 0 Å². The minimum atomic E-state index is -1.60. The van der Waals surface area contributed by atoms with Crippen molar-refractivity contribution in [1.82, 2.24) is 0 Å². The Balaban J connectivity index is 1.49.